The molecule has 0 heterocycles. The number of allylic oxidation sites excluding steroid dienone is 2. The van der Waals surface area contributed by atoms with Crippen LogP contribution < -0.4 is 4.67 Å². The van der Waals surface area contributed by atoms with Gasteiger partial charge in [0, 0.05) is 6.08 Å². The number of hydrogen-bond donors (Lipinski definition) is 0. The molecule has 0 aromatic rings. The monoisotopic (exact) mass is 108 g/mol. The predicted octanol–water partition coefficient (Wildman–Crippen LogP) is 0.957. The molecule has 1 heteroatoms. The highest BCUT2D eigenvalue weighted by atomic mass is 14.5. The molecule has 0 saturated carbocycles. The molecule has 0 bridgehead atoms. The van der Waals surface area contributed by atoms with Crippen molar-refractivity contribution < 1.29 is 0 Å². The fraction of sp³-hybridized carbons (Fsp3) is 0.143. The van der Waals surface area contributed by atoms with Crippen LogP contribution >= 0.6 is 0 Å². The molecule has 1 nitrogen and oxygen atoms in total. The molecular formula is C7H10N+. The molecule has 0 aliphatic rings. The second kappa shape index (κ2) is 4.10. The molecule has 8 heavy (non-hydrogen) atoms. The smallest absolute Gasteiger partial charge is 0.105 e. The van der Waals surface area contributed by atoms with Crippen LogP contribution in [0.3, 0.4) is 0 Å². The molecule has 0 amide bonds. The van der Waals surface area contributed by atoms with Crippen molar-refractivity contribution in [1.82, 2.24) is 4.67 Å². The molecule has 0 aromatic carbocycles. The zero-order chi connectivity index (χ0) is 6.41. The van der Waals surface area contributed by atoms with Gasteiger partial charge in [0.1, 0.15) is 0 Å². The molecule has 0 rings (SSSR count). The first-order valence-corrected chi connectivity index (χ1v) is 2.41. The van der Waals surface area contributed by atoms with Crippen LogP contribution in [0.2, 0.25) is 0 Å². The predicted molar refractivity (Wildman–Crippen MR) is 39.3 cm³/mol. The summed E-state index contributed by atoms with van der Waals surface area (Å²) >= 11 is 0. The summed E-state index contributed by atoms with van der Waals surface area (Å²) in [7, 11) is 0. The summed E-state index contributed by atoms with van der Waals surface area (Å²) in [6.07, 6.45) is 4.20. The third kappa shape index (κ3) is 2.17. The van der Waals surface area contributed by atoms with Crippen LogP contribution in [0, 0.1) is 0 Å². The van der Waals surface area contributed by atoms with E-state index in [1.807, 2.05) is 0 Å². The van der Waals surface area contributed by atoms with Crippen LogP contribution in [-0.4, -0.2) is 12.4 Å². The van der Waals surface area contributed by atoms with E-state index in [0.29, 0.717) is 0 Å². The van der Waals surface area contributed by atoms with Gasteiger partial charge in [0.05, 0.1) is 6.42 Å². The van der Waals surface area contributed by atoms with Crippen LogP contribution in [-0.2, 0) is 0 Å². The fourth-order valence-electron chi connectivity index (χ4n) is 0.360. The summed E-state index contributed by atoms with van der Waals surface area (Å²) in [5.41, 5.74) is 0.875. The number of rotatable bonds is 3. The van der Waals surface area contributed by atoms with E-state index in [2.05, 4.69) is 24.5 Å². The van der Waals surface area contributed by atoms with Gasteiger partial charge in [-0.15, -0.1) is 11.2 Å². The molecule has 0 spiro atoms. The minimum Gasteiger partial charge on any atom is -0.105 e. The standard InChI is InChI=1S/C7H10N/c1-4-6-7(5-2)8-3/h4-5H,1-3,6H2/q+1. The topological polar surface area (TPSA) is 14.1 Å². The molecule has 0 aliphatic carbocycles. The van der Waals surface area contributed by atoms with E-state index in [1.165, 1.54) is 0 Å². The van der Waals surface area contributed by atoms with E-state index < -0.39 is 0 Å². The molecule has 0 radical (unpaired) electrons. The summed E-state index contributed by atoms with van der Waals surface area (Å²) in [5, 5.41) is 0. The maximum Gasteiger partial charge on any atom is 0.306 e. The molecule has 0 aliphatic heterocycles. The number of hydrogen-bond acceptors (Lipinski definition) is 0. The second-order valence-electron chi connectivity index (χ2n) is 1.35. The summed E-state index contributed by atoms with van der Waals surface area (Å²) in [4.78, 5) is 0. The minimum atomic E-state index is 0.757. The van der Waals surface area contributed by atoms with Crippen molar-refractivity contribution >= 4 is 12.4 Å². The lowest BCUT2D eigenvalue weighted by Crippen LogP contribution is -1.92. The normalized spacial score (nSPS) is 7.00. The van der Waals surface area contributed by atoms with Crippen LogP contribution in [0.15, 0.2) is 25.3 Å². The van der Waals surface area contributed by atoms with Gasteiger partial charge in [-0.05, 0) is 0 Å². The average molecular weight is 108 g/mol. The Hall–Kier alpha value is -1.07. The van der Waals surface area contributed by atoms with Crippen LogP contribution in [0.5, 0.6) is 0 Å². The van der Waals surface area contributed by atoms with Crippen LogP contribution in [0.1, 0.15) is 6.42 Å². The van der Waals surface area contributed by atoms with Crippen molar-refractivity contribution in [2.45, 2.75) is 6.42 Å². The Morgan fingerprint density at radius 2 is 2.12 bits per heavy atom. The van der Waals surface area contributed by atoms with Crippen molar-refractivity contribution in [3.63, 3.8) is 0 Å². The maximum atomic E-state index is 3.67. The molecule has 0 atom stereocenters. The Labute approximate surface area is 49.8 Å². The van der Waals surface area contributed by atoms with Gasteiger partial charge in [-0.2, -0.15) is 0 Å². The Morgan fingerprint density at radius 3 is 2.25 bits per heavy atom. The van der Waals surface area contributed by atoms with Gasteiger partial charge in [-0.1, -0.05) is 12.7 Å². The van der Waals surface area contributed by atoms with Gasteiger partial charge in [-0.3, -0.25) is 0 Å². The lowest BCUT2D eigenvalue weighted by Gasteiger charge is -1.72. The number of nitrogens with zero attached hydrogens (tertiary/aromatic N) is 1. The van der Waals surface area contributed by atoms with Gasteiger partial charge in [0.15, 0.2) is 0 Å². The first kappa shape index (κ1) is 6.93. The first-order valence-electron chi connectivity index (χ1n) is 2.41. The van der Waals surface area contributed by atoms with E-state index in [1.54, 1.807) is 12.2 Å². The lowest BCUT2D eigenvalue weighted by molar-refractivity contribution is 1.46. The van der Waals surface area contributed by atoms with E-state index in [4.69, 9.17) is 0 Å². The minimum absolute atomic E-state index is 0.757. The van der Waals surface area contributed by atoms with Crippen molar-refractivity contribution in [1.29, 1.82) is 0 Å². The van der Waals surface area contributed by atoms with E-state index in [-0.39, 0.29) is 0 Å². The van der Waals surface area contributed by atoms with Crippen molar-refractivity contribution in [2.75, 3.05) is 0 Å². The van der Waals surface area contributed by atoms with E-state index in [0.717, 1.165) is 12.1 Å². The quantitative estimate of drug-likeness (QED) is 0.290. The van der Waals surface area contributed by atoms with Crippen molar-refractivity contribution in [3.8, 4) is 0 Å². The Kier molecular flexibility index (Phi) is 3.55. The first-order chi connectivity index (χ1) is 3.85. The molecule has 0 fully saturated rings. The third-order valence-electron chi connectivity index (χ3n) is 0.792. The van der Waals surface area contributed by atoms with Gasteiger partial charge in [0.25, 0.3) is 6.72 Å². The summed E-state index contributed by atoms with van der Waals surface area (Å²) in [6, 6.07) is 0. The Balaban J connectivity index is 3.91. The summed E-state index contributed by atoms with van der Waals surface area (Å²) in [6.45, 7) is 10.4. The highest BCUT2D eigenvalue weighted by Gasteiger charge is 1.95. The van der Waals surface area contributed by atoms with Gasteiger partial charge >= 0.3 is 5.71 Å². The van der Waals surface area contributed by atoms with Crippen LogP contribution in [0.25, 0.3) is 0 Å². The third-order valence-corrected chi connectivity index (χ3v) is 0.792. The van der Waals surface area contributed by atoms with Crippen LogP contribution in [0.4, 0.5) is 0 Å². The van der Waals surface area contributed by atoms with Gasteiger partial charge < -0.3 is 0 Å². The second-order valence-corrected chi connectivity index (χ2v) is 1.35. The van der Waals surface area contributed by atoms with Crippen molar-refractivity contribution in [3.05, 3.63) is 25.3 Å². The molecular weight excluding hydrogens is 98.1 g/mol. The van der Waals surface area contributed by atoms with Crippen molar-refractivity contribution in [2.24, 2.45) is 0 Å². The van der Waals surface area contributed by atoms with E-state index in [9.17, 15) is 0 Å². The summed E-state index contributed by atoms with van der Waals surface area (Å²) in [5.74, 6) is 0. The molecule has 0 N–H and O–H groups in total. The van der Waals surface area contributed by atoms with E-state index >= 15 is 0 Å². The lowest BCUT2D eigenvalue weighted by atomic mass is 10.3. The molecule has 0 aromatic heterocycles. The molecule has 0 unspecified atom stereocenters. The highest BCUT2D eigenvalue weighted by Crippen LogP contribution is 1.81. The van der Waals surface area contributed by atoms with Gasteiger partial charge in [0.2, 0.25) is 0 Å². The molecule has 42 valence electrons. The zero-order valence-corrected chi connectivity index (χ0v) is 4.93. The summed E-state index contributed by atoms with van der Waals surface area (Å²) < 4.78 is 3.67. The SMILES string of the molecule is C=CCC(C=C)=[N+]=C. The molecule has 0 saturated heterocycles. The van der Waals surface area contributed by atoms with Gasteiger partial charge in [-0.25, -0.2) is 0 Å². The fourth-order valence-corrected chi connectivity index (χ4v) is 0.360. The Bertz CT molecular complexity index is 138. The Morgan fingerprint density at radius 1 is 1.50 bits per heavy atom. The zero-order valence-electron chi connectivity index (χ0n) is 4.93. The maximum absolute atomic E-state index is 3.67. The average Bonchev–Trinajstić information content (AvgIpc) is 1.83. The highest BCUT2D eigenvalue weighted by molar-refractivity contribution is 5.95. The largest absolute Gasteiger partial charge is 0.306 e.